The van der Waals surface area contributed by atoms with Gasteiger partial charge in [-0.05, 0) is 31.1 Å². The van der Waals surface area contributed by atoms with E-state index in [0.29, 0.717) is 11.8 Å². The van der Waals surface area contributed by atoms with Gasteiger partial charge in [-0.1, -0.05) is 13.8 Å². The molecule has 1 aliphatic carbocycles. The highest BCUT2D eigenvalue weighted by Crippen LogP contribution is 2.43. The summed E-state index contributed by atoms with van der Waals surface area (Å²) in [4.78, 5) is 0. The molecule has 2 heteroatoms. The summed E-state index contributed by atoms with van der Waals surface area (Å²) in [6.45, 7) is 4.73. The third-order valence-electron chi connectivity index (χ3n) is 3.35. The molecule has 0 aromatic rings. The van der Waals surface area contributed by atoms with E-state index in [1.165, 1.54) is 6.42 Å². The van der Waals surface area contributed by atoms with Crippen molar-refractivity contribution in [2.45, 2.75) is 33.1 Å². The lowest BCUT2D eigenvalue weighted by molar-refractivity contribution is 0.0551. The van der Waals surface area contributed by atoms with Gasteiger partial charge in [-0.15, -0.1) is 0 Å². The Morgan fingerprint density at radius 2 is 1.92 bits per heavy atom. The molecule has 2 nitrogen and oxygen atoms in total. The highest BCUT2D eigenvalue weighted by molar-refractivity contribution is 4.89. The first-order chi connectivity index (χ1) is 5.63. The Labute approximate surface area is 74.6 Å². The Morgan fingerprint density at radius 1 is 1.33 bits per heavy atom. The maximum atomic E-state index is 9.16. The van der Waals surface area contributed by atoms with E-state index in [9.17, 15) is 0 Å². The molecule has 1 rings (SSSR count). The fraction of sp³-hybridized carbons (Fsp3) is 1.00. The van der Waals surface area contributed by atoms with Gasteiger partial charge in [0.2, 0.25) is 0 Å². The molecule has 0 heterocycles. The van der Waals surface area contributed by atoms with Gasteiger partial charge < -0.3 is 10.2 Å². The standard InChI is InChI=1S/C10H20O2/c1-8(2)9-3-4-10(5-9,6-11)7-12/h8-9,11-12H,3-7H2,1-2H3. The van der Waals surface area contributed by atoms with Crippen LogP contribution in [0.3, 0.4) is 0 Å². The Morgan fingerprint density at radius 3 is 2.17 bits per heavy atom. The predicted molar refractivity (Wildman–Crippen MR) is 48.8 cm³/mol. The summed E-state index contributed by atoms with van der Waals surface area (Å²) in [7, 11) is 0. The Hall–Kier alpha value is -0.0800. The molecule has 1 saturated carbocycles. The first-order valence-electron chi connectivity index (χ1n) is 4.85. The minimum absolute atomic E-state index is 0.146. The molecular formula is C10H20O2. The van der Waals surface area contributed by atoms with Gasteiger partial charge in [0.1, 0.15) is 0 Å². The topological polar surface area (TPSA) is 40.5 Å². The molecule has 0 aromatic heterocycles. The molecule has 1 fully saturated rings. The van der Waals surface area contributed by atoms with Crippen LogP contribution in [0.1, 0.15) is 33.1 Å². The minimum atomic E-state index is -0.158. The predicted octanol–water partition coefficient (Wildman–Crippen LogP) is 1.41. The molecule has 1 atom stereocenters. The monoisotopic (exact) mass is 172 g/mol. The van der Waals surface area contributed by atoms with Crippen molar-refractivity contribution in [3.63, 3.8) is 0 Å². The molecule has 1 aliphatic rings. The SMILES string of the molecule is CC(C)C1CCC(CO)(CO)C1. The van der Waals surface area contributed by atoms with Gasteiger partial charge in [0.25, 0.3) is 0 Å². The molecule has 0 bridgehead atoms. The van der Waals surface area contributed by atoms with Crippen molar-refractivity contribution in [1.29, 1.82) is 0 Å². The van der Waals surface area contributed by atoms with Crippen LogP contribution in [0.2, 0.25) is 0 Å². The van der Waals surface area contributed by atoms with E-state index in [4.69, 9.17) is 10.2 Å². The van der Waals surface area contributed by atoms with Crippen molar-refractivity contribution in [2.24, 2.45) is 17.3 Å². The summed E-state index contributed by atoms with van der Waals surface area (Å²) in [5.41, 5.74) is -0.158. The summed E-state index contributed by atoms with van der Waals surface area (Å²) in [5.74, 6) is 1.38. The summed E-state index contributed by atoms with van der Waals surface area (Å²) >= 11 is 0. The van der Waals surface area contributed by atoms with Crippen molar-refractivity contribution < 1.29 is 10.2 Å². The Kier molecular flexibility index (Phi) is 3.13. The second-order valence-electron chi connectivity index (χ2n) is 4.56. The summed E-state index contributed by atoms with van der Waals surface area (Å²) in [6, 6.07) is 0. The van der Waals surface area contributed by atoms with Crippen LogP contribution in [0.25, 0.3) is 0 Å². The number of rotatable bonds is 3. The Balaban J connectivity index is 2.52. The van der Waals surface area contributed by atoms with Crippen LogP contribution in [0.4, 0.5) is 0 Å². The number of aliphatic hydroxyl groups excluding tert-OH is 2. The highest BCUT2D eigenvalue weighted by atomic mass is 16.3. The van der Waals surface area contributed by atoms with Crippen LogP contribution in [0.5, 0.6) is 0 Å². The van der Waals surface area contributed by atoms with Crippen LogP contribution in [0, 0.1) is 17.3 Å². The van der Waals surface area contributed by atoms with E-state index in [2.05, 4.69) is 13.8 Å². The first-order valence-corrected chi connectivity index (χ1v) is 4.85. The highest BCUT2D eigenvalue weighted by Gasteiger charge is 2.38. The molecule has 0 aromatic carbocycles. The van der Waals surface area contributed by atoms with Gasteiger partial charge in [-0.2, -0.15) is 0 Å². The maximum Gasteiger partial charge on any atom is 0.0509 e. The molecule has 0 radical (unpaired) electrons. The second-order valence-corrected chi connectivity index (χ2v) is 4.56. The lowest BCUT2D eigenvalue weighted by atomic mass is 9.85. The largest absolute Gasteiger partial charge is 0.396 e. The van der Waals surface area contributed by atoms with Gasteiger partial charge in [-0.3, -0.25) is 0 Å². The minimum Gasteiger partial charge on any atom is -0.396 e. The van der Waals surface area contributed by atoms with E-state index < -0.39 is 0 Å². The second kappa shape index (κ2) is 3.75. The van der Waals surface area contributed by atoms with Crippen molar-refractivity contribution in [1.82, 2.24) is 0 Å². The lowest BCUT2D eigenvalue weighted by Gasteiger charge is -2.24. The summed E-state index contributed by atoms with van der Waals surface area (Å²) < 4.78 is 0. The normalized spacial score (nSPS) is 28.2. The Bertz CT molecular complexity index is 139. The van der Waals surface area contributed by atoms with Gasteiger partial charge in [-0.25, -0.2) is 0 Å². The average Bonchev–Trinajstić information content (AvgIpc) is 2.49. The van der Waals surface area contributed by atoms with Crippen molar-refractivity contribution in [3.05, 3.63) is 0 Å². The molecule has 0 spiro atoms. The first kappa shape index (κ1) is 10.0. The quantitative estimate of drug-likeness (QED) is 0.676. The van der Waals surface area contributed by atoms with E-state index in [0.717, 1.165) is 12.8 Å². The molecule has 1 unspecified atom stereocenters. The number of hydrogen-bond acceptors (Lipinski definition) is 2. The van der Waals surface area contributed by atoms with Gasteiger partial charge in [0, 0.05) is 5.41 Å². The lowest BCUT2D eigenvalue weighted by Crippen LogP contribution is -2.26. The zero-order valence-electron chi connectivity index (χ0n) is 8.08. The van der Waals surface area contributed by atoms with E-state index in [-0.39, 0.29) is 18.6 Å². The molecule has 0 amide bonds. The van der Waals surface area contributed by atoms with Gasteiger partial charge >= 0.3 is 0 Å². The number of aliphatic hydroxyl groups is 2. The molecule has 0 saturated heterocycles. The van der Waals surface area contributed by atoms with Crippen molar-refractivity contribution >= 4 is 0 Å². The zero-order valence-corrected chi connectivity index (χ0v) is 8.08. The molecule has 2 N–H and O–H groups in total. The van der Waals surface area contributed by atoms with E-state index in [1.807, 2.05) is 0 Å². The third-order valence-corrected chi connectivity index (χ3v) is 3.35. The molecular weight excluding hydrogens is 152 g/mol. The maximum absolute atomic E-state index is 9.16. The van der Waals surface area contributed by atoms with Gasteiger partial charge in [0.15, 0.2) is 0 Å². The van der Waals surface area contributed by atoms with Crippen molar-refractivity contribution in [3.8, 4) is 0 Å². The molecule has 12 heavy (non-hydrogen) atoms. The summed E-state index contributed by atoms with van der Waals surface area (Å²) in [5, 5.41) is 18.3. The smallest absolute Gasteiger partial charge is 0.0509 e. The van der Waals surface area contributed by atoms with Crippen LogP contribution in [0.15, 0.2) is 0 Å². The average molecular weight is 172 g/mol. The van der Waals surface area contributed by atoms with Crippen molar-refractivity contribution in [2.75, 3.05) is 13.2 Å². The van der Waals surface area contributed by atoms with Crippen LogP contribution in [-0.4, -0.2) is 23.4 Å². The van der Waals surface area contributed by atoms with E-state index in [1.54, 1.807) is 0 Å². The van der Waals surface area contributed by atoms with Crippen LogP contribution < -0.4 is 0 Å². The van der Waals surface area contributed by atoms with E-state index >= 15 is 0 Å². The zero-order chi connectivity index (χ0) is 9.19. The van der Waals surface area contributed by atoms with Gasteiger partial charge in [0.05, 0.1) is 13.2 Å². The number of hydrogen-bond donors (Lipinski definition) is 2. The van der Waals surface area contributed by atoms with Crippen LogP contribution >= 0.6 is 0 Å². The fourth-order valence-corrected chi connectivity index (χ4v) is 2.16. The summed E-state index contributed by atoms with van der Waals surface area (Å²) in [6.07, 6.45) is 3.15. The molecule has 0 aliphatic heterocycles. The van der Waals surface area contributed by atoms with Crippen LogP contribution in [-0.2, 0) is 0 Å². The third kappa shape index (κ3) is 1.80. The fourth-order valence-electron chi connectivity index (χ4n) is 2.16. The molecule has 72 valence electrons.